The number of rotatable bonds is 5. The highest BCUT2D eigenvalue weighted by Crippen LogP contribution is 2.55. The molecule has 0 radical (unpaired) electrons. The fourth-order valence-electron chi connectivity index (χ4n) is 6.37. The summed E-state index contributed by atoms with van der Waals surface area (Å²) in [7, 11) is 5.80. The number of hydrogen-bond acceptors (Lipinski definition) is 8. The van der Waals surface area contributed by atoms with Crippen molar-refractivity contribution in [1.82, 2.24) is 0 Å². The van der Waals surface area contributed by atoms with Gasteiger partial charge in [-0.1, -0.05) is 5.57 Å². The molecule has 0 amide bonds. The summed E-state index contributed by atoms with van der Waals surface area (Å²) in [5.74, 6) is 0.359. The van der Waals surface area contributed by atoms with Gasteiger partial charge in [0.05, 0.1) is 33.8 Å². The molecule has 5 aromatic rings. The lowest BCUT2D eigenvalue weighted by molar-refractivity contribution is -0.111. The van der Waals surface area contributed by atoms with E-state index in [0.717, 1.165) is 0 Å². The smallest absolute Gasteiger partial charge is 0.228 e. The molecule has 0 saturated heterocycles. The van der Waals surface area contributed by atoms with Gasteiger partial charge in [0.2, 0.25) is 5.43 Å². The first-order valence-corrected chi connectivity index (χ1v) is 12.0. The normalized spacial score (nSPS) is 13.2. The number of carbonyl (C=O) groups excluding carboxylic acids is 1. The summed E-state index contributed by atoms with van der Waals surface area (Å²) >= 11 is 0. The Hall–Kier alpha value is -4.59. The third kappa shape index (κ3) is 2.66. The van der Waals surface area contributed by atoms with Crippen LogP contribution in [-0.4, -0.2) is 39.3 Å². The number of benzene rings is 5. The van der Waals surface area contributed by atoms with Crippen molar-refractivity contribution in [2.75, 3.05) is 28.4 Å². The maximum absolute atomic E-state index is 13.9. The Morgan fingerprint density at radius 1 is 0.789 bits per heavy atom. The first-order valence-electron chi connectivity index (χ1n) is 12.0. The monoisotopic (exact) mass is 512 g/mol. The first-order chi connectivity index (χ1) is 18.2. The summed E-state index contributed by atoms with van der Waals surface area (Å²) in [6.45, 7) is 3.25. The molecule has 8 heteroatoms. The lowest BCUT2D eigenvalue weighted by Gasteiger charge is -2.23. The van der Waals surface area contributed by atoms with Crippen molar-refractivity contribution in [1.29, 1.82) is 0 Å². The van der Waals surface area contributed by atoms with Gasteiger partial charge < -0.3 is 24.1 Å². The molecule has 6 rings (SSSR count). The van der Waals surface area contributed by atoms with Crippen LogP contribution in [0.2, 0.25) is 0 Å². The van der Waals surface area contributed by atoms with Gasteiger partial charge in [-0.25, -0.2) is 0 Å². The molecular formula is C30H24O8. The molecule has 1 aliphatic carbocycles. The third-order valence-corrected chi connectivity index (χ3v) is 7.70. The summed E-state index contributed by atoms with van der Waals surface area (Å²) in [6, 6.07) is 4.67. The number of hydrogen-bond donors (Lipinski definition) is 1. The Balaban J connectivity index is 2.19. The van der Waals surface area contributed by atoms with Crippen LogP contribution >= 0.6 is 0 Å². The third-order valence-electron chi connectivity index (χ3n) is 7.70. The quantitative estimate of drug-likeness (QED) is 0.270. The van der Waals surface area contributed by atoms with Gasteiger partial charge in [0.15, 0.2) is 28.5 Å². The second-order valence-electron chi connectivity index (χ2n) is 9.50. The molecule has 0 bridgehead atoms. The molecule has 0 fully saturated rings. The number of allylic oxidation sites excluding steroid dienone is 2. The van der Waals surface area contributed by atoms with Crippen molar-refractivity contribution in [2.24, 2.45) is 0 Å². The van der Waals surface area contributed by atoms with E-state index < -0.39 is 5.43 Å². The first kappa shape index (κ1) is 23.8. The Bertz CT molecular complexity index is 2020. The average molecular weight is 513 g/mol. The minimum atomic E-state index is -0.455. The van der Waals surface area contributed by atoms with Gasteiger partial charge >= 0.3 is 0 Å². The highest BCUT2D eigenvalue weighted by molar-refractivity contribution is 6.41. The van der Waals surface area contributed by atoms with Crippen molar-refractivity contribution < 1.29 is 28.8 Å². The Labute approximate surface area is 216 Å². The predicted molar refractivity (Wildman–Crippen MR) is 146 cm³/mol. The fourth-order valence-corrected chi connectivity index (χ4v) is 6.37. The molecule has 0 unspecified atom stereocenters. The van der Waals surface area contributed by atoms with Crippen molar-refractivity contribution in [3.8, 4) is 28.7 Å². The SMILES string of the molecule is COc1c(O)c2c(=O)cc(OC)c3c4c(OC)ccc5c(=O)c(OC)c6c(c(c1CC(C)=C6C(C)=O)c23)c54. The van der Waals surface area contributed by atoms with Crippen LogP contribution in [0.15, 0.2) is 33.4 Å². The molecule has 0 saturated carbocycles. The number of Topliss-reactive ketones (excluding diaryl/α,β-unsaturated/α-hetero) is 1. The van der Waals surface area contributed by atoms with Gasteiger partial charge in [-0.15, -0.1) is 0 Å². The van der Waals surface area contributed by atoms with Gasteiger partial charge in [-0.3, -0.25) is 14.4 Å². The summed E-state index contributed by atoms with van der Waals surface area (Å²) in [5, 5.41) is 15.0. The molecule has 1 aliphatic rings. The zero-order valence-electron chi connectivity index (χ0n) is 21.7. The number of methoxy groups -OCH3 is 4. The van der Waals surface area contributed by atoms with Crippen LogP contribution in [0.4, 0.5) is 0 Å². The van der Waals surface area contributed by atoms with Gasteiger partial charge in [0.1, 0.15) is 11.5 Å². The van der Waals surface area contributed by atoms with E-state index in [2.05, 4.69) is 0 Å². The second kappa shape index (κ2) is 7.95. The van der Waals surface area contributed by atoms with Crippen molar-refractivity contribution in [3.63, 3.8) is 0 Å². The maximum atomic E-state index is 13.9. The number of phenolic OH excluding ortho intramolecular Hbond substituents is 1. The molecule has 0 heterocycles. The standard InChI is InChI=1S/C30H24O8/c1-11-9-14-20-24-19-13(27(33)30(38-6)26(24)18(11)12(2)31)7-8-16(35-3)22(19)23-17(36-4)10-15(32)21(25(20)23)28(34)29(14)37-5/h7-8,10,34H,9H2,1-6H3. The molecule has 38 heavy (non-hydrogen) atoms. The van der Waals surface area contributed by atoms with Crippen LogP contribution in [0.1, 0.15) is 25.0 Å². The van der Waals surface area contributed by atoms with Crippen molar-refractivity contribution in [2.45, 2.75) is 20.3 Å². The largest absolute Gasteiger partial charge is 0.504 e. The van der Waals surface area contributed by atoms with Crippen molar-refractivity contribution >= 4 is 54.4 Å². The highest BCUT2D eigenvalue weighted by Gasteiger charge is 2.35. The Morgan fingerprint density at radius 2 is 1.45 bits per heavy atom. The highest BCUT2D eigenvalue weighted by atomic mass is 16.5. The Kier molecular flexibility index (Phi) is 4.98. The van der Waals surface area contributed by atoms with Gasteiger partial charge in [-0.2, -0.15) is 0 Å². The lowest BCUT2D eigenvalue weighted by Crippen LogP contribution is -2.13. The van der Waals surface area contributed by atoms with Crippen LogP contribution in [0.3, 0.4) is 0 Å². The topological polar surface area (TPSA) is 108 Å². The number of ketones is 1. The zero-order valence-corrected chi connectivity index (χ0v) is 21.7. The summed E-state index contributed by atoms with van der Waals surface area (Å²) in [6.07, 6.45) is 0.231. The fraction of sp³-hybridized carbons (Fsp3) is 0.233. The van der Waals surface area contributed by atoms with Gasteiger partial charge in [0, 0.05) is 55.1 Å². The molecule has 1 N–H and O–H groups in total. The van der Waals surface area contributed by atoms with E-state index in [-0.39, 0.29) is 46.0 Å². The summed E-state index contributed by atoms with van der Waals surface area (Å²) < 4.78 is 22.8. The minimum absolute atomic E-state index is 0.0369. The zero-order chi connectivity index (χ0) is 27.2. The Morgan fingerprint density at radius 3 is 2.05 bits per heavy atom. The molecule has 0 aliphatic heterocycles. The number of phenols is 1. The van der Waals surface area contributed by atoms with Crippen LogP contribution in [-0.2, 0) is 11.2 Å². The van der Waals surface area contributed by atoms with E-state index in [1.54, 1.807) is 19.1 Å². The molecule has 0 aromatic heterocycles. The molecule has 8 nitrogen and oxygen atoms in total. The van der Waals surface area contributed by atoms with E-state index in [4.69, 9.17) is 18.9 Å². The van der Waals surface area contributed by atoms with E-state index in [1.165, 1.54) is 41.4 Å². The number of fused-ring (bicyclic) bond motifs is 1. The van der Waals surface area contributed by atoms with Crippen LogP contribution in [0.5, 0.6) is 28.7 Å². The van der Waals surface area contributed by atoms with Crippen LogP contribution in [0.25, 0.3) is 48.7 Å². The minimum Gasteiger partial charge on any atom is -0.504 e. The second-order valence-corrected chi connectivity index (χ2v) is 9.50. The van der Waals surface area contributed by atoms with Gasteiger partial charge in [-0.05, 0) is 37.8 Å². The predicted octanol–water partition coefficient (Wildman–Crippen LogP) is 4.55. The lowest BCUT2D eigenvalue weighted by atomic mass is 9.83. The molecule has 5 aromatic carbocycles. The molecule has 0 atom stereocenters. The number of carbonyl (C=O) groups is 1. The van der Waals surface area contributed by atoms with Gasteiger partial charge in [0.25, 0.3) is 0 Å². The molecule has 0 spiro atoms. The summed E-state index contributed by atoms with van der Waals surface area (Å²) in [5.41, 5.74) is 1.15. The van der Waals surface area contributed by atoms with E-state index >= 15 is 0 Å². The van der Waals surface area contributed by atoms with E-state index in [0.29, 0.717) is 65.7 Å². The van der Waals surface area contributed by atoms with Crippen molar-refractivity contribution in [3.05, 3.63) is 55.3 Å². The van der Waals surface area contributed by atoms with E-state index in [9.17, 15) is 19.5 Å². The van der Waals surface area contributed by atoms with Crippen LogP contribution < -0.4 is 29.8 Å². The molecular weight excluding hydrogens is 488 g/mol. The van der Waals surface area contributed by atoms with E-state index in [1.807, 2.05) is 0 Å². The average Bonchev–Trinajstić information content (AvgIpc) is 3.02. The molecule has 192 valence electrons. The number of ether oxygens (including phenoxy) is 4. The number of aromatic hydroxyl groups is 1. The summed E-state index contributed by atoms with van der Waals surface area (Å²) in [4.78, 5) is 40.5. The maximum Gasteiger partial charge on any atom is 0.228 e. The van der Waals surface area contributed by atoms with Crippen LogP contribution in [0, 0.1) is 0 Å².